The second kappa shape index (κ2) is 5.05. The van der Waals surface area contributed by atoms with Crippen LogP contribution in [-0.2, 0) is 0 Å². The molecule has 7 heteroatoms. The number of carbonyl (C=O) groups is 1. The van der Waals surface area contributed by atoms with Gasteiger partial charge in [-0.1, -0.05) is 11.6 Å². The van der Waals surface area contributed by atoms with Crippen LogP contribution in [0, 0.1) is 12.7 Å². The molecular formula is C14H8ClFN2O2S. The summed E-state index contributed by atoms with van der Waals surface area (Å²) in [5.74, 6) is -1.77. The van der Waals surface area contributed by atoms with E-state index in [0.29, 0.717) is 16.8 Å². The molecule has 1 N–H and O–H groups in total. The molecule has 0 fully saturated rings. The number of thiazole rings is 1. The first kappa shape index (κ1) is 13.9. The number of pyridine rings is 1. The first-order chi connectivity index (χ1) is 9.95. The zero-order valence-corrected chi connectivity index (χ0v) is 12.3. The molecule has 0 amide bonds. The van der Waals surface area contributed by atoms with Gasteiger partial charge < -0.3 is 5.11 Å². The number of rotatable bonds is 2. The lowest BCUT2D eigenvalue weighted by Gasteiger charge is -2.06. The zero-order valence-electron chi connectivity index (χ0n) is 10.7. The second-order valence-corrected chi connectivity index (χ2v) is 5.86. The van der Waals surface area contributed by atoms with Gasteiger partial charge >= 0.3 is 5.97 Å². The van der Waals surface area contributed by atoms with Crippen LogP contribution >= 0.6 is 22.9 Å². The van der Waals surface area contributed by atoms with Crippen LogP contribution in [0.1, 0.15) is 15.4 Å². The SMILES string of the molecule is Cc1nc(-c2cc(C(=O)O)c3cc(Cl)c(F)cc3n2)cs1. The first-order valence-electron chi connectivity index (χ1n) is 5.91. The summed E-state index contributed by atoms with van der Waals surface area (Å²) in [5.41, 5.74) is 1.21. The molecule has 106 valence electrons. The number of hydrogen-bond acceptors (Lipinski definition) is 4. The normalized spacial score (nSPS) is 11.0. The molecule has 0 aliphatic rings. The molecular weight excluding hydrogens is 315 g/mol. The molecule has 2 aromatic heterocycles. The van der Waals surface area contributed by atoms with Crippen molar-refractivity contribution in [2.24, 2.45) is 0 Å². The molecule has 3 aromatic rings. The lowest BCUT2D eigenvalue weighted by atomic mass is 10.1. The maximum atomic E-state index is 13.6. The number of fused-ring (bicyclic) bond motifs is 1. The van der Waals surface area contributed by atoms with Crippen molar-refractivity contribution in [2.75, 3.05) is 0 Å². The van der Waals surface area contributed by atoms with E-state index in [4.69, 9.17) is 11.6 Å². The van der Waals surface area contributed by atoms with Crippen molar-refractivity contribution in [1.82, 2.24) is 9.97 Å². The van der Waals surface area contributed by atoms with Gasteiger partial charge in [-0.05, 0) is 19.1 Å². The summed E-state index contributed by atoms with van der Waals surface area (Å²) in [4.78, 5) is 20.0. The monoisotopic (exact) mass is 322 g/mol. The van der Waals surface area contributed by atoms with Gasteiger partial charge in [0, 0.05) is 16.8 Å². The van der Waals surface area contributed by atoms with Crippen LogP contribution in [0.2, 0.25) is 5.02 Å². The van der Waals surface area contributed by atoms with Crippen LogP contribution in [0.3, 0.4) is 0 Å². The molecule has 0 aliphatic heterocycles. The van der Waals surface area contributed by atoms with Gasteiger partial charge in [0.1, 0.15) is 5.82 Å². The van der Waals surface area contributed by atoms with Crippen LogP contribution in [0.25, 0.3) is 22.3 Å². The Labute approximate surface area is 127 Å². The summed E-state index contributed by atoms with van der Waals surface area (Å²) in [6.07, 6.45) is 0. The summed E-state index contributed by atoms with van der Waals surface area (Å²) < 4.78 is 13.6. The summed E-state index contributed by atoms with van der Waals surface area (Å²) in [6, 6.07) is 3.83. The van der Waals surface area contributed by atoms with E-state index in [9.17, 15) is 14.3 Å². The Morgan fingerprint density at radius 1 is 1.29 bits per heavy atom. The molecule has 2 heterocycles. The van der Waals surface area contributed by atoms with Crippen LogP contribution in [-0.4, -0.2) is 21.0 Å². The van der Waals surface area contributed by atoms with E-state index in [1.807, 2.05) is 6.92 Å². The number of halogens is 2. The summed E-state index contributed by atoms with van der Waals surface area (Å²) in [7, 11) is 0. The van der Waals surface area contributed by atoms with Gasteiger partial charge in [-0.2, -0.15) is 0 Å². The van der Waals surface area contributed by atoms with Gasteiger partial charge in [-0.3, -0.25) is 0 Å². The summed E-state index contributed by atoms with van der Waals surface area (Å²) >= 11 is 7.15. The Morgan fingerprint density at radius 2 is 2.05 bits per heavy atom. The average Bonchev–Trinajstić information content (AvgIpc) is 2.85. The quantitative estimate of drug-likeness (QED) is 0.769. The highest BCUT2D eigenvalue weighted by Gasteiger charge is 2.16. The largest absolute Gasteiger partial charge is 0.478 e. The standard InChI is InChI=1S/C14H8ClFN2O2S/c1-6-17-13(5-21-6)12-3-8(14(19)20)7-2-9(15)10(16)4-11(7)18-12/h2-5H,1H3,(H,19,20). The third-order valence-corrected chi connectivity index (χ3v) is 4.03. The Kier molecular flexibility index (Phi) is 3.35. The number of carboxylic acid groups (broad SMARTS) is 1. The zero-order chi connectivity index (χ0) is 15.1. The van der Waals surface area contributed by atoms with E-state index in [1.54, 1.807) is 5.38 Å². The van der Waals surface area contributed by atoms with Gasteiger partial charge in [0.05, 0.1) is 32.5 Å². The predicted octanol–water partition coefficient (Wildman–Crippen LogP) is 4.16. The molecule has 0 aliphatic carbocycles. The van der Waals surface area contributed by atoms with E-state index >= 15 is 0 Å². The van der Waals surface area contributed by atoms with E-state index in [2.05, 4.69) is 9.97 Å². The molecule has 0 atom stereocenters. The number of aromatic nitrogens is 2. The Morgan fingerprint density at radius 3 is 2.67 bits per heavy atom. The van der Waals surface area contributed by atoms with Crippen molar-refractivity contribution in [3.63, 3.8) is 0 Å². The highest BCUT2D eigenvalue weighted by atomic mass is 35.5. The highest BCUT2D eigenvalue weighted by Crippen LogP contribution is 2.29. The molecule has 4 nitrogen and oxygen atoms in total. The van der Waals surface area contributed by atoms with Gasteiger partial charge in [-0.15, -0.1) is 11.3 Å². The number of nitrogens with zero attached hydrogens (tertiary/aromatic N) is 2. The van der Waals surface area contributed by atoms with E-state index in [1.165, 1.54) is 23.5 Å². The van der Waals surface area contributed by atoms with Gasteiger partial charge in [0.15, 0.2) is 0 Å². The maximum Gasteiger partial charge on any atom is 0.336 e. The predicted molar refractivity (Wildman–Crippen MR) is 79.5 cm³/mol. The number of aromatic carboxylic acids is 1. The molecule has 0 saturated carbocycles. The number of aryl methyl sites for hydroxylation is 1. The minimum Gasteiger partial charge on any atom is -0.478 e. The highest BCUT2D eigenvalue weighted by molar-refractivity contribution is 7.09. The fourth-order valence-corrected chi connectivity index (χ4v) is 2.78. The second-order valence-electron chi connectivity index (χ2n) is 4.40. The molecule has 0 saturated heterocycles. The number of hydrogen-bond donors (Lipinski definition) is 1. The van der Waals surface area contributed by atoms with Crippen LogP contribution < -0.4 is 0 Å². The van der Waals surface area contributed by atoms with Crippen LogP contribution in [0.4, 0.5) is 4.39 Å². The molecule has 0 unspecified atom stereocenters. The molecule has 3 rings (SSSR count). The summed E-state index contributed by atoms with van der Waals surface area (Å²) in [5, 5.41) is 12.1. The van der Waals surface area contributed by atoms with Gasteiger partial charge in [0.25, 0.3) is 0 Å². The molecule has 21 heavy (non-hydrogen) atoms. The van der Waals surface area contributed by atoms with Gasteiger partial charge in [0.2, 0.25) is 0 Å². The lowest BCUT2D eigenvalue weighted by Crippen LogP contribution is -2.01. The van der Waals surface area contributed by atoms with Crippen molar-refractivity contribution in [1.29, 1.82) is 0 Å². The fraction of sp³-hybridized carbons (Fsp3) is 0.0714. The van der Waals surface area contributed by atoms with E-state index < -0.39 is 11.8 Å². The smallest absolute Gasteiger partial charge is 0.336 e. The average molecular weight is 323 g/mol. The molecule has 1 aromatic carbocycles. The fourth-order valence-electron chi connectivity index (χ4n) is 2.01. The topological polar surface area (TPSA) is 63.1 Å². The molecule has 0 spiro atoms. The summed E-state index contributed by atoms with van der Waals surface area (Å²) in [6.45, 7) is 1.84. The third-order valence-electron chi connectivity index (χ3n) is 2.96. The Bertz CT molecular complexity index is 879. The Hall–Kier alpha value is -2.05. The van der Waals surface area contributed by atoms with Gasteiger partial charge in [-0.25, -0.2) is 19.2 Å². The number of benzene rings is 1. The van der Waals surface area contributed by atoms with Crippen molar-refractivity contribution in [2.45, 2.75) is 6.92 Å². The molecule has 0 radical (unpaired) electrons. The van der Waals surface area contributed by atoms with Crippen LogP contribution in [0.15, 0.2) is 23.6 Å². The third kappa shape index (κ3) is 2.48. The van der Waals surface area contributed by atoms with Crippen molar-refractivity contribution in [3.05, 3.63) is 45.0 Å². The lowest BCUT2D eigenvalue weighted by molar-refractivity contribution is 0.0699. The van der Waals surface area contributed by atoms with Crippen molar-refractivity contribution < 1.29 is 14.3 Å². The first-order valence-corrected chi connectivity index (χ1v) is 7.17. The molecule has 0 bridgehead atoms. The van der Waals surface area contributed by atoms with Crippen molar-refractivity contribution in [3.8, 4) is 11.4 Å². The van der Waals surface area contributed by atoms with E-state index in [0.717, 1.165) is 11.1 Å². The number of carboxylic acids is 1. The Balaban J connectivity index is 2.34. The minimum atomic E-state index is -1.13. The van der Waals surface area contributed by atoms with Crippen LogP contribution in [0.5, 0.6) is 0 Å². The minimum absolute atomic E-state index is 0.0163. The van der Waals surface area contributed by atoms with E-state index in [-0.39, 0.29) is 16.1 Å². The maximum absolute atomic E-state index is 13.6. The van der Waals surface area contributed by atoms with Crippen molar-refractivity contribution >= 4 is 39.8 Å².